The number of aliphatic imine (C=N–C) groups is 2. The number of halogens is 2. The van der Waals surface area contributed by atoms with E-state index in [1.807, 2.05) is 24.6 Å². The first-order valence-corrected chi connectivity index (χ1v) is 6.02. The minimum Gasteiger partial charge on any atom is -1.00 e. The number of rotatable bonds is 0. The van der Waals surface area contributed by atoms with Crippen molar-refractivity contribution >= 4 is 12.4 Å². The van der Waals surface area contributed by atoms with Crippen LogP contribution < -0.4 is 24.8 Å². The fourth-order valence-electron chi connectivity index (χ4n) is 2.21. The van der Waals surface area contributed by atoms with E-state index in [2.05, 4.69) is 48.1 Å². The molecule has 2 aliphatic heterocycles. The molecule has 0 amide bonds. The first-order chi connectivity index (χ1) is 8.72. The molecule has 0 N–H and O–H groups in total. The molecule has 0 unspecified atom stereocenters. The molecule has 0 atom stereocenters. The van der Waals surface area contributed by atoms with E-state index in [4.69, 9.17) is 0 Å². The zero-order valence-electron chi connectivity index (χ0n) is 11.8. The molecular formula is C16H14Cl2N2Zr. The van der Waals surface area contributed by atoms with Gasteiger partial charge in [-0.15, -0.1) is 0 Å². The van der Waals surface area contributed by atoms with E-state index in [1.165, 1.54) is 22.3 Å². The van der Waals surface area contributed by atoms with Gasteiger partial charge in [-0.05, 0) is 61.4 Å². The number of fused-ring (bicyclic) bond motifs is 2. The number of hydrogen-bond donors (Lipinski definition) is 0. The number of allylic oxidation sites excluding steroid dienone is 8. The second-order valence-corrected chi connectivity index (χ2v) is 4.64. The Bertz CT molecular complexity index is 602. The minimum absolute atomic E-state index is 0. The molecule has 0 radical (unpaired) electrons. The topological polar surface area (TPSA) is 24.7 Å². The van der Waals surface area contributed by atoms with E-state index < -0.39 is 0 Å². The molecule has 2 nitrogen and oxygen atoms in total. The minimum atomic E-state index is 0. The van der Waals surface area contributed by atoms with Gasteiger partial charge >= 0.3 is 26.2 Å². The van der Waals surface area contributed by atoms with Crippen molar-refractivity contribution in [1.82, 2.24) is 0 Å². The van der Waals surface area contributed by atoms with Crippen molar-refractivity contribution in [2.75, 3.05) is 0 Å². The Hall–Kier alpha value is -0.757. The van der Waals surface area contributed by atoms with Gasteiger partial charge in [-0.2, -0.15) is 0 Å². The van der Waals surface area contributed by atoms with Crippen molar-refractivity contribution in [3.05, 3.63) is 70.1 Å². The quantitative estimate of drug-likeness (QED) is 0.440. The summed E-state index contributed by atoms with van der Waals surface area (Å²) in [6.07, 6.45) is 16.2. The van der Waals surface area contributed by atoms with Crippen molar-refractivity contribution in [3.8, 4) is 0 Å². The van der Waals surface area contributed by atoms with Gasteiger partial charge in [-0.1, -0.05) is 0 Å². The molecular weight excluding hydrogens is 382 g/mol. The molecule has 106 valence electrons. The van der Waals surface area contributed by atoms with Crippen molar-refractivity contribution in [2.24, 2.45) is 9.98 Å². The van der Waals surface area contributed by atoms with E-state index in [-0.39, 0.29) is 51.0 Å². The van der Waals surface area contributed by atoms with Crippen LogP contribution in [0.4, 0.5) is 0 Å². The molecule has 4 rings (SSSR count). The van der Waals surface area contributed by atoms with Crippen LogP contribution in [0.3, 0.4) is 0 Å². The summed E-state index contributed by atoms with van der Waals surface area (Å²) < 4.78 is 0. The van der Waals surface area contributed by atoms with Gasteiger partial charge in [0.15, 0.2) is 0 Å². The van der Waals surface area contributed by atoms with E-state index in [0.717, 1.165) is 11.4 Å². The van der Waals surface area contributed by atoms with Crippen molar-refractivity contribution in [3.63, 3.8) is 0 Å². The van der Waals surface area contributed by atoms with Crippen LogP contribution in [0, 0.1) is 0 Å². The number of nitrogens with zero attached hydrogens (tertiary/aromatic N) is 2. The molecule has 0 fully saturated rings. The summed E-state index contributed by atoms with van der Waals surface area (Å²) in [5, 5.41) is 0. The Kier molecular flexibility index (Phi) is 8.32. The summed E-state index contributed by atoms with van der Waals surface area (Å²) in [4.78, 5) is 8.28. The van der Waals surface area contributed by atoms with Crippen LogP contribution in [0.1, 0.15) is 13.8 Å². The van der Waals surface area contributed by atoms with Crippen molar-refractivity contribution < 1.29 is 51.0 Å². The molecule has 0 bridgehead atoms. The molecule has 0 aromatic heterocycles. The Balaban J connectivity index is 0.000000333. The van der Waals surface area contributed by atoms with Gasteiger partial charge in [0.05, 0.1) is 11.4 Å². The normalized spacial score (nSPS) is 18.2. The predicted molar refractivity (Wildman–Crippen MR) is 76.8 cm³/mol. The van der Waals surface area contributed by atoms with Crippen LogP contribution in [0.5, 0.6) is 0 Å². The number of hydrogen-bond acceptors (Lipinski definition) is 2. The van der Waals surface area contributed by atoms with Crippen molar-refractivity contribution in [1.29, 1.82) is 0 Å². The van der Waals surface area contributed by atoms with Gasteiger partial charge in [0, 0.05) is 23.6 Å². The molecule has 0 saturated heterocycles. The van der Waals surface area contributed by atoms with E-state index in [9.17, 15) is 0 Å². The van der Waals surface area contributed by atoms with Crippen LogP contribution >= 0.6 is 0 Å². The Morgan fingerprint density at radius 2 is 1.05 bits per heavy atom. The first kappa shape index (κ1) is 20.2. The van der Waals surface area contributed by atoms with Crippen molar-refractivity contribution in [2.45, 2.75) is 13.8 Å². The monoisotopic (exact) mass is 394 g/mol. The maximum absolute atomic E-state index is 4.14. The Labute approximate surface area is 156 Å². The van der Waals surface area contributed by atoms with Gasteiger partial charge in [0.1, 0.15) is 0 Å². The largest absolute Gasteiger partial charge is 2.00 e. The van der Waals surface area contributed by atoms with Crippen LogP contribution in [0.15, 0.2) is 80.1 Å². The molecule has 21 heavy (non-hydrogen) atoms. The second-order valence-electron chi connectivity index (χ2n) is 4.64. The fraction of sp³-hybridized carbons (Fsp3) is 0.125. The van der Waals surface area contributed by atoms with E-state index in [1.54, 1.807) is 0 Å². The average Bonchev–Trinajstić information content (AvgIpc) is 2.97. The summed E-state index contributed by atoms with van der Waals surface area (Å²) in [6, 6.07) is 0. The summed E-state index contributed by atoms with van der Waals surface area (Å²) in [5.41, 5.74) is 7.35. The molecule has 0 spiro atoms. The maximum Gasteiger partial charge on any atom is 2.00 e. The zero-order valence-corrected chi connectivity index (χ0v) is 15.7. The first-order valence-electron chi connectivity index (χ1n) is 6.02. The van der Waals surface area contributed by atoms with Crippen LogP contribution in [-0.4, -0.2) is 12.4 Å². The molecule has 4 aliphatic rings. The van der Waals surface area contributed by atoms with Gasteiger partial charge < -0.3 is 24.8 Å². The van der Waals surface area contributed by atoms with Gasteiger partial charge in [0.25, 0.3) is 0 Å². The Morgan fingerprint density at radius 1 is 0.667 bits per heavy atom. The fourth-order valence-corrected chi connectivity index (χ4v) is 2.21. The summed E-state index contributed by atoms with van der Waals surface area (Å²) in [5.74, 6) is 0. The maximum atomic E-state index is 4.14. The molecule has 0 saturated carbocycles. The van der Waals surface area contributed by atoms with Crippen LogP contribution in [-0.2, 0) is 26.2 Å². The Morgan fingerprint density at radius 3 is 1.38 bits per heavy atom. The van der Waals surface area contributed by atoms with Crippen LogP contribution in [0.25, 0.3) is 0 Å². The summed E-state index contributed by atoms with van der Waals surface area (Å²) in [6.45, 7) is 4.17. The molecule has 0 aromatic carbocycles. The van der Waals surface area contributed by atoms with Gasteiger partial charge in [-0.3, -0.25) is 9.98 Å². The molecule has 2 aliphatic carbocycles. The zero-order chi connectivity index (χ0) is 12.5. The third-order valence-corrected chi connectivity index (χ3v) is 3.02. The standard InChI is InChI=1S/2C8H7N.2ClH.Zr/c2*1-6-4-7-2-3-9-8(7)5-6;;;/h2*2-5H,1H3;2*1H;/q;;;;+2/p-2. The van der Waals surface area contributed by atoms with Gasteiger partial charge in [-0.25, -0.2) is 0 Å². The summed E-state index contributed by atoms with van der Waals surface area (Å²) >= 11 is 0. The summed E-state index contributed by atoms with van der Waals surface area (Å²) in [7, 11) is 0. The average molecular weight is 396 g/mol. The van der Waals surface area contributed by atoms with Gasteiger partial charge in [0.2, 0.25) is 0 Å². The molecule has 2 heterocycles. The molecule has 5 heteroatoms. The SMILES string of the molecule is CC1=CC2=CC=NC2=C1.CC1=CC2=CC=NC2=C1.[Cl-].[Cl-].[Zr+2]. The third kappa shape index (κ3) is 4.61. The second kappa shape index (κ2) is 8.63. The van der Waals surface area contributed by atoms with E-state index in [0.29, 0.717) is 0 Å². The third-order valence-electron chi connectivity index (χ3n) is 3.02. The van der Waals surface area contributed by atoms with Crippen LogP contribution in [0.2, 0.25) is 0 Å². The molecule has 0 aromatic rings. The van der Waals surface area contributed by atoms with E-state index >= 15 is 0 Å². The smallest absolute Gasteiger partial charge is 1.00 e. The predicted octanol–water partition coefficient (Wildman–Crippen LogP) is -2.31.